The van der Waals surface area contributed by atoms with E-state index in [1.54, 1.807) is 0 Å². The summed E-state index contributed by atoms with van der Waals surface area (Å²) in [6.45, 7) is 20.3. The van der Waals surface area contributed by atoms with Gasteiger partial charge in [-0.05, 0) is 126 Å². The molecule has 1 heterocycles. The summed E-state index contributed by atoms with van der Waals surface area (Å²) < 4.78 is 0. The van der Waals surface area contributed by atoms with Gasteiger partial charge in [0.05, 0.1) is 0 Å². The molecule has 0 saturated heterocycles. The lowest BCUT2D eigenvalue weighted by Crippen LogP contribution is -2.07. The highest BCUT2D eigenvalue weighted by Crippen LogP contribution is 2.35. The molecular weight excluding hydrogens is 677 g/mol. The summed E-state index contributed by atoms with van der Waals surface area (Å²) in [4.78, 5) is 3.53. The minimum absolute atomic E-state index is 1.05. The summed E-state index contributed by atoms with van der Waals surface area (Å²) in [6, 6.07) is 32.4. The van der Waals surface area contributed by atoms with Crippen LogP contribution in [0, 0.1) is 0 Å². The third kappa shape index (κ3) is 10.1. The molecule has 2 N–H and O–H groups in total. The SMILES string of the molecule is C/C=C\C=C/NC(/C=C\C=C/C)=C(/C)C1=CCCC(c2ccc3[nH]c4ccccc4c3c2)=C1.C=Cc1c(/C=C\C)c2ccccc2c2ccccc12.CC.CC. The largest absolute Gasteiger partial charge is 0.361 e. The standard InChI is InChI=1S/C31H32N2.C19H16.2C2H6/c1-4-6-8-16-29(32-20-11-7-5-2)23(3)24-13-12-14-25(21-24)26-18-19-31-28(22-26)27-15-9-10-17-30(27)33-31;1-3-9-15-14(4-2)16-10-5-6-12-18(16)19-13-8-7-11-17(15)19;2*1-2/h4-11,13,15-22,32-33H,12,14H2,1-3H3;3-13H,2H2,1H3;2*1-2H3/b6-4-,7-5-,16-8-,20-11-,29-23-;9-3-;;. The van der Waals surface area contributed by atoms with Gasteiger partial charge < -0.3 is 10.3 Å². The van der Waals surface area contributed by atoms with Gasteiger partial charge in [0.15, 0.2) is 0 Å². The van der Waals surface area contributed by atoms with Gasteiger partial charge in [-0.2, -0.15) is 0 Å². The smallest absolute Gasteiger partial charge is 0.0465 e. The molecule has 0 radical (unpaired) electrons. The number of benzene rings is 5. The van der Waals surface area contributed by atoms with Gasteiger partial charge in [0, 0.05) is 33.7 Å². The number of hydrogen-bond acceptors (Lipinski definition) is 1. The van der Waals surface area contributed by atoms with Crippen LogP contribution in [-0.2, 0) is 0 Å². The van der Waals surface area contributed by atoms with Crippen molar-refractivity contribution in [2.24, 2.45) is 0 Å². The van der Waals surface area contributed by atoms with Crippen LogP contribution in [0.3, 0.4) is 0 Å². The first-order valence-corrected chi connectivity index (χ1v) is 20.2. The monoisotopic (exact) mass is 736 g/mol. The second-order valence-electron chi connectivity index (χ2n) is 12.9. The van der Waals surface area contributed by atoms with Crippen molar-refractivity contribution in [3.05, 3.63) is 198 Å². The van der Waals surface area contributed by atoms with Gasteiger partial charge in [-0.1, -0.05) is 168 Å². The Morgan fingerprint density at radius 3 is 1.88 bits per heavy atom. The molecule has 2 heteroatoms. The predicted octanol–water partition coefficient (Wildman–Crippen LogP) is 16.2. The first-order chi connectivity index (χ1) is 27.6. The van der Waals surface area contributed by atoms with Crippen molar-refractivity contribution in [2.45, 2.75) is 68.2 Å². The molecule has 1 aliphatic rings. The Morgan fingerprint density at radius 2 is 1.23 bits per heavy atom. The molecule has 286 valence electrons. The number of aromatic amines is 1. The molecule has 0 unspecified atom stereocenters. The third-order valence-electron chi connectivity index (χ3n) is 9.58. The molecule has 0 amide bonds. The van der Waals surface area contributed by atoms with Crippen LogP contribution < -0.4 is 5.32 Å². The molecular formula is C54H60N2. The van der Waals surface area contributed by atoms with Crippen molar-refractivity contribution in [3.63, 3.8) is 0 Å². The lowest BCUT2D eigenvalue weighted by Gasteiger charge is -2.17. The van der Waals surface area contributed by atoms with Gasteiger partial charge in [0.2, 0.25) is 0 Å². The molecule has 0 aliphatic heterocycles. The van der Waals surface area contributed by atoms with Gasteiger partial charge in [0.25, 0.3) is 0 Å². The van der Waals surface area contributed by atoms with E-state index in [1.807, 2.05) is 78.1 Å². The molecule has 1 aliphatic carbocycles. The maximum Gasteiger partial charge on any atom is 0.0465 e. The second kappa shape index (κ2) is 22.3. The van der Waals surface area contributed by atoms with Gasteiger partial charge >= 0.3 is 0 Å². The number of fused-ring (bicyclic) bond motifs is 6. The zero-order valence-corrected chi connectivity index (χ0v) is 34.8. The maximum atomic E-state index is 4.00. The van der Waals surface area contributed by atoms with E-state index in [1.165, 1.54) is 76.8 Å². The molecule has 6 aromatic rings. The predicted molar refractivity (Wildman–Crippen MR) is 254 cm³/mol. The number of H-pyrrole nitrogens is 1. The van der Waals surface area contributed by atoms with Gasteiger partial charge in [-0.25, -0.2) is 0 Å². The number of aromatic nitrogens is 1. The Balaban J connectivity index is 0.000000256. The Labute approximate surface area is 336 Å². The average molecular weight is 737 g/mol. The average Bonchev–Trinajstić information content (AvgIpc) is 3.64. The Kier molecular flexibility index (Phi) is 17.0. The molecule has 56 heavy (non-hydrogen) atoms. The fourth-order valence-corrected chi connectivity index (χ4v) is 7.01. The summed E-state index contributed by atoms with van der Waals surface area (Å²) in [6.07, 6.45) is 29.4. The normalized spacial score (nSPS) is 13.4. The van der Waals surface area contributed by atoms with Gasteiger partial charge in [-0.3, -0.25) is 0 Å². The van der Waals surface area contributed by atoms with E-state index in [-0.39, 0.29) is 0 Å². The van der Waals surface area contributed by atoms with Crippen molar-refractivity contribution in [3.8, 4) is 0 Å². The number of para-hydroxylation sites is 1. The van der Waals surface area contributed by atoms with E-state index in [2.05, 4.69) is 164 Å². The van der Waals surface area contributed by atoms with E-state index < -0.39 is 0 Å². The fraction of sp³-hybridized carbons (Fsp3) is 0.185. The molecule has 0 bridgehead atoms. The Morgan fingerprint density at radius 1 is 0.643 bits per heavy atom. The minimum atomic E-state index is 1.05. The van der Waals surface area contributed by atoms with E-state index in [4.69, 9.17) is 0 Å². The second-order valence-corrected chi connectivity index (χ2v) is 12.9. The van der Waals surface area contributed by atoms with Crippen LogP contribution in [0.5, 0.6) is 0 Å². The minimum Gasteiger partial charge on any atom is -0.361 e. The summed E-state index contributed by atoms with van der Waals surface area (Å²) in [5, 5.41) is 11.2. The van der Waals surface area contributed by atoms with E-state index in [9.17, 15) is 0 Å². The number of hydrogen-bond donors (Lipinski definition) is 2. The van der Waals surface area contributed by atoms with Crippen molar-refractivity contribution in [2.75, 3.05) is 0 Å². The zero-order valence-electron chi connectivity index (χ0n) is 34.8. The third-order valence-corrected chi connectivity index (χ3v) is 9.58. The molecule has 2 nitrogen and oxygen atoms in total. The Hall–Kier alpha value is -6.12. The van der Waals surface area contributed by atoms with Crippen molar-refractivity contribution in [1.82, 2.24) is 10.3 Å². The number of rotatable bonds is 9. The van der Waals surface area contributed by atoms with Crippen molar-refractivity contribution in [1.29, 1.82) is 0 Å². The van der Waals surface area contributed by atoms with E-state index in [0.717, 1.165) is 18.5 Å². The number of allylic oxidation sites excluding steroid dienone is 13. The highest BCUT2D eigenvalue weighted by molar-refractivity contribution is 6.14. The lowest BCUT2D eigenvalue weighted by molar-refractivity contribution is 1.02. The summed E-state index contributed by atoms with van der Waals surface area (Å²) >= 11 is 0. The molecule has 5 aromatic carbocycles. The first-order valence-electron chi connectivity index (χ1n) is 20.2. The molecule has 0 atom stereocenters. The molecule has 0 spiro atoms. The van der Waals surface area contributed by atoms with Crippen LogP contribution in [0.25, 0.3) is 61.1 Å². The van der Waals surface area contributed by atoms with Gasteiger partial charge in [-0.15, -0.1) is 0 Å². The van der Waals surface area contributed by atoms with Crippen LogP contribution >= 0.6 is 0 Å². The summed E-state index contributed by atoms with van der Waals surface area (Å²) in [5.41, 5.74) is 11.2. The Bertz CT molecular complexity index is 2480. The lowest BCUT2D eigenvalue weighted by atomic mass is 9.89. The highest BCUT2D eigenvalue weighted by atomic mass is 14.8. The van der Waals surface area contributed by atoms with Crippen molar-refractivity contribution < 1.29 is 0 Å². The molecule has 0 saturated carbocycles. The summed E-state index contributed by atoms with van der Waals surface area (Å²) in [7, 11) is 0. The fourth-order valence-electron chi connectivity index (χ4n) is 7.01. The van der Waals surface area contributed by atoms with Crippen LogP contribution in [0.4, 0.5) is 0 Å². The van der Waals surface area contributed by atoms with Crippen LogP contribution in [-0.4, -0.2) is 4.98 Å². The molecule has 0 fully saturated rings. The summed E-state index contributed by atoms with van der Waals surface area (Å²) in [5.74, 6) is 0. The van der Waals surface area contributed by atoms with Gasteiger partial charge in [0.1, 0.15) is 0 Å². The van der Waals surface area contributed by atoms with E-state index in [0.29, 0.717) is 0 Å². The molecule has 7 rings (SSSR count). The topological polar surface area (TPSA) is 27.8 Å². The van der Waals surface area contributed by atoms with Crippen molar-refractivity contribution >= 4 is 61.1 Å². The van der Waals surface area contributed by atoms with Crippen LogP contribution in [0.1, 0.15) is 84.9 Å². The van der Waals surface area contributed by atoms with E-state index >= 15 is 0 Å². The maximum absolute atomic E-state index is 4.00. The van der Waals surface area contributed by atoms with Crippen LogP contribution in [0.15, 0.2) is 181 Å². The molecule has 1 aromatic heterocycles. The van der Waals surface area contributed by atoms with Crippen LogP contribution in [0.2, 0.25) is 0 Å². The quantitative estimate of drug-likeness (QED) is 0.112. The number of nitrogens with one attached hydrogen (secondary N) is 2. The first kappa shape index (κ1) is 42.6. The zero-order chi connectivity index (χ0) is 40.3. The highest BCUT2D eigenvalue weighted by Gasteiger charge is 2.13.